The number of nitrogens with zero attached hydrogens (tertiary/aromatic N) is 3. The summed E-state index contributed by atoms with van der Waals surface area (Å²) >= 11 is 3.03. The Morgan fingerprint density at radius 1 is 0.966 bits per heavy atom. The number of anilines is 1. The van der Waals surface area contributed by atoms with E-state index in [9.17, 15) is 4.79 Å². The Morgan fingerprint density at radius 3 is 2.48 bits per heavy atom. The van der Waals surface area contributed by atoms with Gasteiger partial charge in [0.05, 0.1) is 0 Å². The van der Waals surface area contributed by atoms with Gasteiger partial charge >= 0.3 is 0 Å². The van der Waals surface area contributed by atoms with Crippen LogP contribution in [-0.4, -0.2) is 34.1 Å². The van der Waals surface area contributed by atoms with Gasteiger partial charge in [0.15, 0.2) is 4.34 Å². The molecule has 1 saturated heterocycles. The number of nitrogens with one attached hydrogen (secondary N) is 1. The van der Waals surface area contributed by atoms with Crippen LogP contribution in [0.25, 0.3) is 0 Å². The van der Waals surface area contributed by atoms with E-state index in [4.69, 9.17) is 0 Å². The van der Waals surface area contributed by atoms with Crippen LogP contribution in [0, 0.1) is 0 Å². The molecular weight excluding hydrogens is 400 g/mol. The molecule has 7 heteroatoms. The number of likely N-dealkylation sites (tertiary alicyclic amines) is 1. The van der Waals surface area contributed by atoms with Crippen LogP contribution in [0.3, 0.4) is 0 Å². The van der Waals surface area contributed by atoms with Gasteiger partial charge in [0.25, 0.3) is 5.91 Å². The Morgan fingerprint density at radius 2 is 1.72 bits per heavy atom. The average Bonchev–Trinajstić information content (AvgIpc) is 3.21. The van der Waals surface area contributed by atoms with Crippen molar-refractivity contribution in [1.29, 1.82) is 0 Å². The molecule has 3 aromatic rings. The van der Waals surface area contributed by atoms with Gasteiger partial charge in [-0.25, -0.2) is 0 Å². The molecule has 1 aliphatic rings. The summed E-state index contributed by atoms with van der Waals surface area (Å²) in [5.41, 5.74) is 3.13. The van der Waals surface area contributed by atoms with Crippen LogP contribution in [-0.2, 0) is 12.3 Å². The van der Waals surface area contributed by atoms with E-state index in [0.29, 0.717) is 10.7 Å². The number of carbonyl (C=O) groups excluding carboxylic acids is 1. The van der Waals surface area contributed by atoms with E-state index in [1.165, 1.54) is 54.8 Å². The normalized spacial score (nSPS) is 14.6. The third-order valence-corrected chi connectivity index (χ3v) is 6.95. The molecule has 0 spiro atoms. The molecule has 1 N–H and O–H groups in total. The van der Waals surface area contributed by atoms with Crippen LogP contribution < -0.4 is 5.32 Å². The van der Waals surface area contributed by atoms with Gasteiger partial charge in [-0.05, 0) is 49.2 Å². The van der Waals surface area contributed by atoms with E-state index in [1.54, 1.807) is 11.8 Å². The maximum Gasteiger partial charge on any atom is 0.257 e. The van der Waals surface area contributed by atoms with Crippen molar-refractivity contribution in [2.24, 2.45) is 0 Å². The van der Waals surface area contributed by atoms with Crippen molar-refractivity contribution >= 4 is 34.1 Å². The van der Waals surface area contributed by atoms with Crippen LogP contribution in [0.2, 0.25) is 0 Å². The molecule has 0 radical (unpaired) electrons. The van der Waals surface area contributed by atoms with Crippen molar-refractivity contribution in [3.8, 4) is 0 Å². The highest BCUT2D eigenvalue weighted by Crippen LogP contribution is 2.28. The molecule has 0 bridgehead atoms. The van der Waals surface area contributed by atoms with Crippen molar-refractivity contribution in [1.82, 2.24) is 15.1 Å². The molecule has 0 unspecified atom stereocenters. The van der Waals surface area contributed by atoms with E-state index in [0.717, 1.165) is 16.6 Å². The highest BCUT2D eigenvalue weighted by Gasteiger charge is 2.13. The highest BCUT2D eigenvalue weighted by molar-refractivity contribution is 8.00. The second-order valence-corrected chi connectivity index (χ2v) is 9.34. The lowest BCUT2D eigenvalue weighted by molar-refractivity contribution is 0.102. The third kappa shape index (κ3) is 5.88. The minimum absolute atomic E-state index is 0.148. The average molecular weight is 425 g/mol. The SMILES string of the molecule is O=C(Nc1nnc(SCc2ccccc2)s1)c1ccc(CN2CCCCC2)cc1. The monoisotopic (exact) mass is 424 g/mol. The predicted molar refractivity (Wildman–Crippen MR) is 119 cm³/mol. The lowest BCUT2D eigenvalue weighted by Crippen LogP contribution is -2.29. The maximum atomic E-state index is 12.5. The van der Waals surface area contributed by atoms with E-state index in [2.05, 4.69) is 32.5 Å². The Hall–Kier alpha value is -2.22. The van der Waals surface area contributed by atoms with E-state index in [-0.39, 0.29) is 5.91 Å². The Balaban J connectivity index is 1.29. The van der Waals surface area contributed by atoms with Crippen molar-refractivity contribution in [2.45, 2.75) is 35.9 Å². The van der Waals surface area contributed by atoms with Crippen molar-refractivity contribution < 1.29 is 4.79 Å². The zero-order valence-electron chi connectivity index (χ0n) is 16.2. The van der Waals surface area contributed by atoms with Crippen molar-refractivity contribution in [2.75, 3.05) is 18.4 Å². The molecule has 2 heterocycles. The Kier molecular flexibility index (Phi) is 6.92. The molecular formula is C22H24N4OS2. The number of aromatic nitrogens is 2. The lowest BCUT2D eigenvalue weighted by Gasteiger charge is -2.26. The van der Waals surface area contributed by atoms with Crippen LogP contribution in [0.15, 0.2) is 58.9 Å². The molecule has 2 aromatic carbocycles. The van der Waals surface area contributed by atoms with Crippen LogP contribution in [0.4, 0.5) is 5.13 Å². The number of carbonyl (C=O) groups is 1. The quantitative estimate of drug-likeness (QED) is 0.424. The smallest absolute Gasteiger partial charge is 0.257 e. The van der Waals surface area contributed by atoms with Gasteiger partial charge in [0.2, 0.25) is 5.13 Å². The van der Waals surface area contributed by atoms with Crippen molar-refractivity contribution in [3.63, 3.8) is 0 Å². The summed E-state index contributed by atoms with van der Waals surface area (Å²) in [6.07, 6.45) is 3.91. The molecule has 29 heavy (non-hydrogen) atoms. The summed E-state index contributed by atoms with van der Waals surface area (Å²) in [6.45, 7) is 3.30. The molecule has 4 rings (SSSR count). The zero-order valence-corrected chi connectivity index (χ0v) is 17.8. The highest BCUT2D eigenvalue weighted by atomic mass is 32.2. The molecule has 0 atom stereocenters. The van der Waals surface area contributed by atoms with Crippen LogP contribution >= 0.6 is 23.1 Å². The molecule has 1 amide bonds. The minimum atomic E-state index is -0.148. The first kappa shape index (κ1) is 20.1. The maximum absolute atomic E-state index is 12.5. The fourth-order valence-corrected chi connectivity index (χ4v) is 5.05. The Bertz CT molecular complexity index is 922. The predicted octanol–water partition coefficient (Wildman–Crippen LogP) is 5.07. The van der Waals surface area contributed by atoms with E-state index < -0.39 is 0 Å². The minimum Gasteiger partial charge on any atom is -0.299 e. The summed E-state index contributed by atoms with van der Waals surface area (Å²) in [7, 11) is 0. The zero-order chi connectivity index (χ0) is 19.9. The number of hydrogen-bond acceptors (Lipinski definition) is 6. The topological polar surface area (TPSA) is 58.1 Å². The Labute approximate surface area is 179 Å². The largest absolute Gasteiger partial charge is 0.299 e. The molecule has 1 aliphatic heterocycles. The number of thioether (sulfide) groups is 1. The van der Waals surface area contributed by atoms with Gasteiger partial charge in [-0.1, -0.05) is 72.0 Å². The third-order valence-electron chi connectivity index (χ3n) is 4.90. The van der Waals surface area contributed by atoms with Crippen LogP contribution in [0.5, 0.6) is 0 Å². The number of rotatable bonds is 7. The lowest BCUT2D eigenvalue weighted by atomic mass is 10.1. The number of hydrogen-bond donors (Lipinski definition) is 1. The fraction of sp³-hybridized carbons (Fsp3) is 0.318. The summed E-state index contributed by atoms with van der Waals surface area (Å²) in [4.78, 5) is 15.0. The van der Waals surface area contributed by atoms with Gasteiger partial charge in [-0.2, -0.15) is 0 Å². The van der Waals surface area contributed by atoms with E-state index in [1.807, 2.05) is 42.5 Å². The molecule has 5 nitrogen and oxygen atoms in total. The van der Waals surface area contributed by atoms with Gasteiger partial charge < -0.3 is 0 Å². The van der Waals surface area contributed by atoms with Crippen LogP contribution in [0.1, 0.15) is 40.7 Å². The van der Waals surface area contributed by atoms with Gasteiger partial charge in [0.1, 0.15) is 0 Å². The first-order valence-corrected chi connectivity index (χ1v) is 11.7. The number of benzene rings is 2. The number of piperidine rings is 1. The first-order chi connectivity index (χ1) is 14.3. The second kappa shape index (κ2) is 10.0. The molecule has 0 aliphatic carbocycles. The molecule has 1 aromatic heterocycles. The summed E-state index contributed by atoms with van der Waals surface area (Å²) in [5, 5.41) is 11.7. The molecule has 1 fully saturated rings. The summed E-state index contributed by atoms with van der Waals surface area (Å²) in [5.74, 6) is 0.687. The van der Waals surface area contributed by atoms with Gasteiger partial charge in [0, 0.05) is 17.9 Å². The molecule has 150 valence electrons. The van der Waals surface area contributed by atoms with E-state index >= 15 is 0 Å². The summed E-state index contributed by atoms with van der Waals surface area (Å²) in [6, 6.07) is 18.1. The van der Waals surface area contributed by atoms with Gasteiger partial charge in [-0.3, -0.25) is 15.0 Å². The molecule has 0 saturated carbocycles. The first-order valence-electron chi connectivity index (χ1n) is 9.89. The van der Waals surface area contributed by atoms with Gasteiger partial charge in [-0.15, -0.1) is 10.2 Å². The standard InChI is InChI=1S/C22H24N4OS2/c27-20(19-11-9-17(10-12-19)15-26-13-5-2-6-14-26)23-21-24-25-22(29-21)28-16-18-7-3-1-4-8-18/h1,3-4,7-12H,2,5-6,13-16H2,(H,23,24,27). The number of amides is 1. The summed E-state index contributed by atoms with van der Waals surface area (Å²) < 4.78 is 0.848. The second-order valence-electron chi connectivity index (χ2n) is 7.14. The fourth-order valence-electron chi connectivity index (χ4n) is 3.34. The van der Waals surface area contributed by atoms with Crippen molar-refractivity contribution in [3.05, 3.63) is 71.3 Å².